The molecule has 0 aliphatic carbocycles. The van der Waals surface area contributed by atoms with Crippen molar-refractivity contribution in [1.29, 1.82) is 0 Å². The Morgan fingerprint density at radius 2 is 2.00 bits per heavy atom. The number of hydrogen-bond donors (Lipinski definition) is 3. The number of nitrogens with one attached hydrogen (secondary N) is 3. The number of ether oxygens (including phenoxy) is 1. The van der Waals surface area contributed by atoms with Gasteiger partial charge < -0.3 is 25.3 Å². The van der Waals surface area contributed by atoms with Crippen molar-refractivity contribution in [2.75, 3.05) is 25.1 Å². The van der Waals surface area contributed by atoms with Crippen LogP contribution < -0.4 is 20.3 Å². The maximum absolute atomic E-state index is 12.3. The zero-order chi connectivity index (χ0) is 20.2. The summed E-state index contributed by atoms with van der Waals surface area (Å²) in [5.74, 6) is 0.740. The first kappa shape index (κ1) is 18.9. The van der Waals surface area contributed by atoms with Crippen LogP contribution in [0.15, 0.2) is 54.7 Å². The lowest BCUT2D eigenvalue weighted by Gasteiger charge is -2.17. The van der Waals surface area contributed by atoms with Gasteiger partial charge in [-0.1, -0.05) is 18.2 Å². The van der Waals surface area contributed by atoms with Crippen LogP contribution in [-0.4, -0.2) is 43.2 Å². The lowest BCUT2D eigenvalue weighted by Crippen LogP contribution is -2.43. The molecule has 3 amide bonds. The number of urea groups is 1. The molecule has 2 aromatic carbocycles. The van der Waals surface area contributed by atoms with Gasteiger partial charge in [0.05, 0.1) is 13.2 Å². The fourth-order valence-corrected chi connectivity index (χ4v) is 3.70. The highest BCUT2D eigenvalue weighted by Crippen LogP contribution is 2.24. The van der Waals surface area contributed by atoms with Crippen molar-refractivity contribution in [3.8, 4) is 5.75 Å². The van der Waals surface area contributed by atoms with Crippen molar-refractivity contribution < 1.29 is 14.3 Å². The van der Waals surface area contributed by atoms with Gasteiger partial charge in [0.15, 0.2) is 0 Å². The van der Waals surface area contributed by atoms with E-state index in [1.807, 2.05) is 48.7 Å². The number of amides is 3. The molecule has 7 nitrogen and oxygen atoms in total. The molecule has 1 saturated heterocycles. The summed E-state index contributed by atoms with van der Waals surface area (Å²) in [4.78, 5) is 29.5. The topological polar surface area (TPSA) is 86.5 Å². The molecular formula is C22H24N4O3. The molecule has 0 bridgehead atoms. The van der Waals surface area contributed by atoms with E-state index in [4.69, 9.17) is 4.74 Å². The standard InChI is InChI=1S/C22H24N4O3/c1-29-18-8-6-17(7-9-18)26-14-16(12-21(26)27)25-22(28)23-11-10-15-13-24-20-5-3-2-4-19(15)20/h2-9,13,16,24H,10-12,14H2,1H3,(H2,23,25,28). The number of methoxy groups -OCH3 is 1. The van der Waals surface area contributed by atoms with E-state index in [9.17, 15) is 9.59 Å². The Morgan fingerprint density at radius 1 is 1.21 bits per heavy atom. The molecule has 3 N–H and O–H groups in total. The first-order valence-corrected chi connectivity index (χ1v) is 9.68. The van der Waals surface area contributed by atoms with Gasteiger partial charge in [0.1, 0.15) is 5.75 Å². The minimum Gasteiger partial charge on any atom is -0.497 e. The minimum atomic E-state index is -0.251. The van der Waals surface area contributed by atoms with E-state index in [0.717, 1.165) is 23.4 Å². The Morgan fingerprint density at radius 3 is 2.79 bits per heavy atom. The van der Waals surface area contributed by atoms with Gasteiger partial charge in [0, 0.05) is 42.3 Å². The summed E-state index contributed by atoms with van der Waals surface area (Å²) in [6.45, 7) is 0.984. The fourth-order valence-electron chi connectivity index (χ4n) is 3.70. The summed E-state index contributed by atoms with van der Waals surface area (Å²) >= 11 is 0. The van der Waals surface area contributed by atoms with E-state index in [1.165, 1.54) is 10.9 Å². The van der Waals surface area contributed by atoms with E-state index in [0.29, 0.717) is 19.5 Å². The van der Waals surface area contributed by atoms with Gasteiger partial charge in [-0.15, -0.1) is 0 Å². The smallest absolute Gasteiger partial charge is 0.315 e. The van der Waals surface area contributed by atoms with E-state index in [1.54, 1.807) is 12.0 Å². The first-order valence-electron chi connectivity index (χ1n) is 9.68. The highest BCUT2D eigenvalue weighted by molar-refractivity contribution is 5.96. The van der Waals surface area contributed by atoms with Crippen molar-refractivity contribution in [2.45, 2.75) is 18.9 Å². The zero-order valence-corrected chi connectivity index (χ0v) is 16.3. The van der Waals surface area contributed by atoms with Gasteiger partial charge in [-0.3, -0.25) is 4.79 Å². The van der Waals surface area contributed by atoms with Crippen molar-refractivity contribution in [3.05, 3.63) is 60.3 Å². The van der Waals surface area contributed by atoms with Crippen LogP contribution in [0.25, 0.3) is 10.9 Å². The van der Waals surface area contributed by atoms with E-state index >= 15 is 0 Å². The SMILES string of the molecule is COc1ccc(N2CC(NC(=O)NCCc3c[nH]c4ccccc34)CC2=O)cc1. The van der Waals surface area contributed by atoms with Crippen LogP contribution in [0.4, 0.5) is 10.5 Å². The third-order valence-electron chi connectivity index (χ3n) is 5.20. The molecule has 3 aromatic rings. The lowest BCUT2D eigenvalue weighted by atomic mass is 10.1. The molecule has 4 rings (SSSR count). The first-order chi connectivity index (χ1) is 14.1. The molecule has 0 saturated carbocycles. The summed E-state index contributed by atoms with van der Waals surface area (Å²) in [6, 6.07) is 15.0. The fraction of sp³-hybridized carbons (Fsp3) is 0.273. The quantitative estimate of drug-likeness (QED) is 0.603. The molecule has 0 radical (unpaired) electrons. The van der Waals surface area contributed by atoms with Crippen LogP contribution in [0, 0.1) is 0 Å². The van der Waals surface area contributed by atoms with Crippen LogP contribution in [0.2, 0.25) is 0 Å². The number of rotatable bonds is 6. The molecule has 0 spiro atoms. The highest BCUT2D eigenvalue weighted by atomic mass is 16.5. The summed E-state index contributed by atoms with van der Waals surface area (Å²) in [6.07, 6.45) is 3.01. The number of aromatic nitrogens is 1. The summed E-state index contributed by atoms with van der Waals surface area (Å²) < 4.78 is 5.15. The van der Waals surface area contributed by atoms with Gasteiger partial charge in [-0.2, -0.15) is 0 Å². The predicted molar refractivity (Wildman–Crippen MR) is 112 cm³/mol. The number of hydrogen-bond acceptors (Lipinski definition) is 3. The average molecular weight is 392 g/mol. The molecular weight excluding hydrogens is 368 g/mol. The Labute approximate surface area is 169 Å². The van der Waals surface area contributed by atoms with Crippen molar-refractivity contribution in [3.63, 3.8) is 0 Å². The molecule has 1 atom stereocenters. The second-order valence-electron chi connectivity index (χ2n) is 7.11. The number of anilines is 1. The highest BCUT2D eigenvalue weighted by Gasteiger charge is 2.31. The third-order valence-corrected chi connectivity index (χ3v) is 5.20. The Balaban J connectivity index is 1.27. The molecule has 150 valence electrons. The second-order valence-corrected chi connectivity index (χ2v) is 7.11. The number of aromatic amines is 1. The number of nitrogens with zero attached hydrogens (tertiary/aromatic N) is 1. The Hall–Kier alpha value is -3.48. The number of benzene rings is 2. The average Bonchev–Trinajstić information content (AvgIpc) is 3.31. The van der Waals surface area contributed by atoms with Crippen LogP contribution >= 0.6 is 0 Å². The number of H-pyrrole nitrogens is 1. The Bertz CT molecular complexity index is 1010. The van der Waals surface area contributed by atoms with E-state index in [-0.39, 0.29) is 18.0 Å². The van der Waals surface area contributed by atoms with Gasteiger partial charge in [-0.05, 0) is 42.3 Å². The van der Waals surface area contributed by atoms with Gasteiger partial charge in [0.25, 0.3) is 0 Å². The van der Waals surface area contributed by atoms with Crippen LogP contribution in [0.5, 0.6) is 5.75 Å². The van der Waals surface area contributed by atoms with Gasteiger partial charge in [-0.25, -0.2) is 4.79 Å². The maximum Gasteiger partial charge on any atom is 0.315 e. The molecule has 2 heterocycles. The minimum absolute atomic E-state index is 0.000686. The molecule has 29 heavy (non-hydrogen) atoms. The van der Waals surface area contributed by atoms with Crippen LogP contribution in [0.1, 0.15) is 12.0 Å². The van der Waals surface area contributed by atoms with Gasteiger partial charge in [0.2, 0.25) is 5.91 Å². The molecule has 1 unspecified atom stereocenters. The predicted octanol–water partition coefficient (Wildman–Crippen LogP) is 2.82. The van der Waals surface area contributed by atoms with E-state index < -0.39 is 0 Å². The lowest BCUT2D eigenvalue weighted by molar-refractivity contribution is -0.117. The van der Waals surface area contributed by atoms with Crippen molar-refractivity contribution >= 4 is 28.5 Å². The Kier molecular flexibility index (Phi) is 5.37. The summed E-state index contributed by atoms with van der Waals surface area (Å²) in [5, 5.41) is 6.96. The number of fused-ring (bicyclic) bond motifs is 1. The molecule has 7 heteroatoms. The monoisotopic (exact) mass is 392 g/mol. The number of para-hydroxylation sites is 1. The molecule has 1 aromatic heterocycles. The van der Waals surface area contributed by atoms with Crippen molar-refractivity contribution in [2.24, 2.45) is 0 Å². The molecule has 1 aliphatic rings. The van der Waals surface area contributed by atoms with E-state index in [2.05, 4.69) is 21.7 Å². The van der Waals surface area contributed by atoms with Crippen LogP contribution in [-0.2, 0) is 11.2 Å². The number of carbonyl (C=O) groups is 2. The largest absolute Gasteiger partial charge is 0.497 e. The maximum atomic E-state index is 12.3. The third kappa shape index (κ3) is 4.18. The van der Waals surface area contributed by atoms with Gasteiger partial charge >= 0.3 is 6.03 Å². The number of carbonyl (C=O) groups excluding carboxylic acids is 2. The van der Waals surface area contributed by atoms with Crippen molar-refractivity contribution in [1.82, 2.24) is 15.6 Å². The molecule has 1 aliphatic heterocycles. The molecule has 1 fully saturated rings. The second kappa shape index (κ2) is 8.26. The summed E-state index contributed by atoms with van der Waals surface area (Å²) in [5.41, 5.74) is 3.07. The zero-order valence-electron chi connectivity index (χ0n) is 16.3. The normalized spacial score (nSPS) is 16.2. The van der Waals surface area contributed by atoms with Crippen LogP contribution in [0.3, 0.4) is 0 Å². The summed E-state index contributed by atoms with van der Waals surface area (Å²) in [7, 11) is 1.60.